The molecule has 386 valence electrons. The van der Waals surface area contributed by atoms with Gasteiger partial charge in [0.05, 0.1) is 17.8 Å². The fourth-order valence-corrected chi connectivity index (χ4v) is 8.15. The van der Waals surface area contributed by atoms with Gasteiger partial charge in [-0.3, -0.25) is 38.5 Å². The fraction of sp³-hybridized carbons (Fsp3) is 0.510. The maximum absolute atomic E-state index is 15.1. The molecule has 18 nitrogen and oxygen atoms in total. The Labute approximate surface area is 413 Å². The molecule has 0 spiro atoms. The fourth-order valence-electron chi connectivity index (χ4n) is 8.15. The summed E-state index contributed by atoms with van der Waals surface area (Å²) >= 11 is 0. The van der Waals surface area contributed by atoms with Crippen molar-refractivity contribution < 1.29 is 52.2 Å². The van der Waals surface area contributed by atoms with Crippen molar-refractivity contribution in [3.63, 3.8) is 0 Å². The Hall–Kier alpha value is -6.83. The van der Waals surface area contributed by atoms with Crippen molar-refractivity contribution in [2.75, 3.05) is 19.6 Å². The minimum atomic E-state index is -1.31. The number of amides is 7. The Kier molecular flexibility index (Phi) is 21.1. The molecule has 0 unspecified atom stereocenters. The number of rotatable bonds is 27. The van der Waals surface area contributed by atoms with E-state index in [-0.39, 0.29) is 80.2 Å². The minimum absolute atomic E-state index is 0.00520. The number of aromatic nitrogens is 2. The number of carboxylic acids is 1. The normalized spacial score (nSPS) is 14.7. The Morgan fingerprint density at radius 2 is 1.51 bits per heavy atom. The predicted octanol–water partition coefficient (Wildman–Crippen LogP) is 4.52. The van der Waals surface area contributed by atoms with Gasteiger partial charge in [-0.05, 0) is 80.5 Å². The summed E-state index contributed by atoms with van der Waals surface area (Å²) in [5.41, 5.74) is 6.76. The molecule has 1 aliphatic rings. The van der Waals surface area contributed by atoms with Crippen molar-refractivity contribution in [1.29, 1.82) is 0 Å². The highest BCUT2D eigenvalue weighted by molar-refractivity contribution is 6.12. The highest BCUT2D eigenvalue weighted by atomic mass is 19.1. The van der Waals surface area contributed by atoms with Crippen molar-refractivity contribution in [1.82, 2.24) is 40.6 Å². The van der Waals surface area contributed by atoms with Crippen LogP contribution in [-0.4, -0.2) is 116 Å². The zero-order valence-electron chi connectivity index (χ0n) is 41.6. The molecule has 1 aliphatic heterocycles. The standard InChI is InChI=1S/C51H69F2N9O9/c1-31(2)44(59-41(64)19-12-9-15-26-62-42(65)22-23-43(62)66)49(69)56-32(3)47(67)58-39(50(70)71)18-13-14-25-55-48(68)38(54)24-27-61(33(4)63)45(51(5,6)7)46-57-40(36-28-35(52)20-21-37(36)53)30-60(46)29-34-16-10-8-11-17-34/h8,10-11,16-17,20-23,28,30-32,38-39,44-45H,9,12-15,18-19,24-27,29,54H2,1-7H3,(H,55,68)(H,56,69)(H,58,67)(H,59,64)(H,70,71)/t32-,38-,39-,44-,45-/m0/s1. The summed E-state index contributed by atoms with van der Waals surface area (Å²) in [5.74, 6) is -5.84. The van der Waals surface area contributed by atoms with E-state index in [1.807, 2.05) is 55.7 Å². The number of carboxylic acid groups (broad SMARTS) is 1. The molecule has 2 heterocycles. The lowest BCUT2D eigenvalue weighted by atomic mass is 9.84. The molecule has 0 saturated carbocycles. The lowest BCUT2D eigenvalue weighted by Crippen LogP contribution is -2.56. The van der Waals surface area contributed by atoms with Crippen LogP contribution in [0.3, 0.4) is 0 Å². The number of hydrogen-bond acceptors (Lipinski definition) is 10. The van der Waals surface area contributed by atoms with E-state index in [0.717, 1.165) is 28.7 Å². The Morgan fingerprint density at radius 1 is 0.831 bits per heavy atom. The van der Waals surface area contributed by atoms with Crippen molar-refractivity contribution in [3.05, 3.63) is 89.9 Å². The van der Waals surface area contributed by atoms with E-state index >= 15 is 4.39 Å². The molecule has 4 rings (SSSR count). The highest BCUT2D eigenvalue weighted by Gasteiger charge is 2.38. The molecular weight excluding hydrogens is 921 g/mol. The summed E-state index contributed by atoms with van der Waals surface area (Å²) in [6, 6.07) is 7.43. The van der Waals surface area contributed by atoms with E-state index in [0.29, 0.717) is 38.1 Å². The van der Waals surface area contributed by atoms with E-state index in [9.17, 15) is 47.9 Å². The second-order valence-electron chi connectivity index (χ2n) is 19.3. The quantitative estimate of drug-likeness (QED) is 0.0458. The third-order valence-corrected chi connectivity index (χ3v) is 12.0. The van der Waals surface area contributed by atoms with Gasteiger partial charge in [-0.1, -0.05) is 71.4 Å². The molecule has 5 atom stereocenters. The van der Waals surface area contributed by atoms with Gasteiger partial charge in [0.1, 0.15) is 35.6 Å². The molecule has 1 aromatic heterocycles. The summed E-state index contributed by atoms with van der Waals surface area (Å²) < 4.78 is 31.2. The predicted molar refractivity (Wildman–Crippen MR) is 260 cm³/mol. The van der Waals surface area contributed by atoms with Crippen molar-refractivity contribution in [2.24, 2.45) is 17.1 Å². The smallest absolute Gasteiger partial charge is 0.326 e. The molecule has 0 saturated heterocycles. The maximum atomic E-state index is 15.1. The lowest BCUT2D eigenvalue weighted by Gasteiger charge is -2.40. The molecule has 3 aromatic rings. The van der Waals surface area contributed by atoms with E-state index in [1.165, 1.54) is 26.0 Å². The summed E-state index contributed by atoms with van der Waals surface area (Å²) in [7, 11) is 0. The van der Waals surface area contributed by atoms with Gasteiger partial charge >= 0.3 is 5.97 Å². The SMILES string of the molecule is CC(=O)N(CC[C@H](N)C(=O)NCCCC[C@H](NC(=O)[C@H](C)NC(=O)[C@@H](NC(=O)CCCCCN1C(=O)C=CC1=O)C(C)C)C(=O)O)[C@@H](c1nc(-c2cc(F)ccc2F)cn1Cc1ccccc1)C(C)(C)C. The number of halogens is 2. The van der Waals surface area contributed by atoms with Crippen LogP contribution < -0.4 is 27.0 Å². The Bertz CT molecular complexity index is 2380. The lowest BCUT2D eigenvalue weighted by molar-refractivity contribution is -0.142. The number of imidazole rings is 1. The summed E-state index contributed by atoms with van der Waals surface area (Å²) in [4.78, 5) is 109. The van der Waals surface area contributed by atoms with Crippen LogP contribution in [0, 0.1) is 23.0 Å². The molecule has 7 amide bonds. The average molecular weight is 990 g/mol. The molecule has 2 aromatic carbocycles. The summed E-state index contributed by atoms with van der Waals surface area (Å²) in [5, 5.41) is 20.3. The highest BCUT2D eigenvalue weighted by Crippen LogP contribution is 2.39. The maximum Gasteiger partial charge on any atom is 0.326 e. The number of nitrogens with two attached hydrogens (primary N) is 1. The first-order chi connectivity index (χ1) is 33.5. The van der Waals surface area contributed by atoms with Crippen LogP contribution in [0.4, 0.5) is 8.78 Å². The zero-order valence-corrected chi connectivity index (χ0v) is 41.6. The second kappa shape index (κ2) is 26.4. The molecule has 0 bridgehead atoms. The van der Waals surface area contributed by atoms with Gasteiger partial charge in [-0.15, -0.1) is 0 Å². The van der Waals surface area contributed by atoms with E-state index < -0.39 is 76.9 Å². The number of hydrogen-bond donors (Lipinski definition) is 6. The molecule has 0 radical (unpaired) electrons. The first-order valence-corrected chi connectivity index (χ1v) is 24.0. The number of carbonyl (C=O) groups is 8. The van der Waals surface area contributed by atoms with E-state index in [2.05, 4.69) is 21.3 Å². The van der Waals surface area contributed by atoms with Gasteiger partial charge in [0.25, 0.3) is 11.8 Å². The van der Waals surface area contributed by atoms with Gasteiger partial charge in [0.15, 0.2) is 0 Å². The average Bonchev–Trinajstić information content (AvgIpc) is 3.86. The Morgan fingerprint density at radius 3 is 2.13 bits per heavy atom. The van der Waals surface area contributed by atoms with Crippen LogP contribution in [0.25, 0.3) is 11.3 Å². The summed E-state index contributed by atoms with van der Waals surface area (Å²) in [6.07, 6.45) is 6.37. The van der Waals surface area contributed by atoms with Crippen LogP contribution in [-0.2, 0) is 44.9 Å². The van der Waals surface area contributed by atoms with E-state index in [4.69, 9.17) is 10.7 Å². The number of nitrogens with zero attached hydrogens (tertiary/aromatic N) is 4. The van der Waals surface area contributed by atoms with Crippen LogP contribution in [0.5, 0.6) is 0 Å². The number of imide groups is 1. The largest absolute Gasteiger partial charge is 0.480 e. The van der Waals surface area contributed by atoms with Gasteiger partial charge in [0.2, 0.25) is 29.5 Å². The number of nitrogens with one attached hydrogen (secondary N) is 4. The molecule has 71 heavy (non-hydrogen) atoms. The molecule has 0 aliphatic carbocycles. The third-order valence-electron chi connectivity index (χ3n) is 12.0. The third kappa shape index (κ3) is 16.9. The molecular formula is C51H69F2N9O9. The first kappa shape index (κ1) is 56.8. The zero-order chi connectivity index (χ0) is 52.6. The monoisotopic (exact) mass is 990 g/mol. The van der Waals surface area contributed by atoms with Crippen molar-refractivity contribution >= 4 is 47.3 Å². The number of aliphatic carboxylic acids is 1. The van der Waals surface area contributed by atoms with Gasteiger partial charge in [0, 0.05) is 63.4 Å². The van der Waals surface area contributed by atoms with Gasteiger partial charge < -0.3 is 41.6 Å². The van der Waals surface area contributed by atoms with Crippen LogP contribution in [0.15, 0.2) is 66.9 Å². The van der Waals surface area contributed by atoms with Gasteiger partial charge in [-0.2, -0.15) is 0 Å². The number of unbranched alkanes of at least 4 members (excludes halogenated alkanes) is 3. The number of benzene rings is 2. The van der Waals surface area contributed by atoms with Crippen LogP contribution in [0.1, 0.15) is 117 Å². The number of carbonyl (C=O) groups excluding carboxylic acids is 7. The van der Waals surface area contributed by atoms with Crippen molar-refractivity contribution in [2.45, 2.75) is 137 Å². The van der Waals surface area contributed by atoms with Crippen molar-refractivity contribution in [3.8, 4) is 11.3 Å². The van der Waals surface area contributed by atoms with E-state index in [1.54, 1.807) is 24.9 Å². The molecule has 0 fully saturated rings. The van der Waals surface area contributed by atoms with Crippen LogP contribution >= 0.6 is 0 Å². The Balaban J connectivity index is 1.26. The van der Waals surface area contributed by atoms with Crippen LogP contribution in [0.2, 0.25) is 0 Å². The first-order valence-electron chi connectivity index (χ1n) is 24.0. The summed E-state index contributed by atoms with van der Waals surface area (Å²) in [6.45, 7) is 12.8. The molecule has 7 N–H and O–H groups in total. The minimum Gasteiger partial charge on any atom is -0.480 e. The van der Waals surface area contributed by atoms with Gasteiger partial charge in [-0.25, -0.2) is 18.6 Å². The second-order valence-corrected chi connectivity index (χ2v) is 19.3. The molecule has 20 heteroatoms. The topological polar surface area (TPSA) is 255 Å².